The number of nitrogens with zero attached hydrogens (tertiary/aromatic N) is 4. The Kier molecular flexibility index (Phi) is 3.91. The molecule has 0 unspecified atom stereocenters. The normalized spacial score (nSPS) is 11.9. The Morgan fingerprint density at radius 2 is 1.25 bits per heavy atom. The Labute approximate surface area is 206 Å². The van der Waals surface area contributed by atoms with E-state index in [0.717, 1.165) is 33.6 Å². The maximum Gasteiger partial charge on any atom is 0.220 e. The van der Waals surface area contributed by atoms with E-state index in [1.165, 1.54) is 32.6 Å². The Balaban J connectivity index is 1.62. The maximum absolute atomic E-state index is 5.16. The van der Waals surface area contributed by atoms with Crippen LogP contribution in [0, 0.1) is 0 Å². The Morgan fingerprint density at radius 3 is 2.03 bits per heavy atom. The van der Waals surface area contributed by atoms with Crippen molar-refractivity contribution < 1.29 is 0 Å². The summed E-state index contributed by atoms with van der Waals surface area (Å²) in [6.45, 7) is 0. The highest BCUT2D eigenvalue weighted by Crippen LogP contribution is 2.40. The highest BCUT2D eigenvalue weighted by atomic mass is 15.2. The summed E-state index contributed by atoms with van der Waals surface area (Å²) < 4.78 is 4.65. The monoisotopic (exact) mass is 460 g/mol. The van der Waals surface area contributed by atoms with E-state index < -0.39 is 0 Å². The summed E-state index contributed by atoms with van der Waals surface area (Å²) in [6.07, 6.45) is 3.72. The van der Waals surface area contributed by atoms with Crippen molar-refractivity contribution in [1.29, 1.82) is 0 Å². The van der Waals surface area contributed by atoms with Gasteiger partial charge in [-0.1, -0.05) is 78.9 Å². The number of aromatic nitrogens is 4. The number of hydrogen-bond acceptors (Lipinski definition) is 2. The molecule has 8 aromatic rings. The smallest absolute Gasteiger partial charge is 0.220 e. The van der Waals surface area contributed by atoms with Crippen LogP contribution >= 0.6 is 0 Å². The number of hydrogen-bond donors (Lipinski definition) is 0. The summed E-state index contributed by atoms with van der Waals surface area (Å²) >= 11 is 0. The largest absolute Gasteiger partial charge is 0.277 e. The van der Waals surface area contributed by atoms with E-state index in [1.54, 1.807) is 0 Å². The van der Waals surface area contributed by atoms with Gasteiger partial charge >= 0.3 is 0 Å². The molecule has 3 aromatic heterocycles. The summed E-state index contributed by atoms with van der Waals surface area (Å²) in [5.74, 6) is 0.913. The van der Waals surface area contributed by atoms with Crippen molar-refractivity contribution in [1.82, 2.24) is 18.9 Å². The fraction of sp³-hybridized carbons (Fsp3) is 0. The summed E-state index contributed by atoms with van der Waals surface area (Å²) in [5, 5.41) is 4.94. The van der Waals surface area contributed by atoms with Gasteiger partial charge < -0.3 is 0 Å². The van der Waals surface area contributed by atoms with Gasteiger partial charge in [-0.3, -0.25) is 14.0 Å². The quantitative estimate of drug-likeness (QED) is 0.247. The van der Waals surface area contributed by atoms with Gasteiger partial charge in [-0.15, -0.1) is 0 Å². The van der Waals surface area contributed by atoms with Crippen molar-refractivity contribution in [2.24, 2.45) is 0 Å². The van der Waals surface area contributed by atoms with Gasteiger partial charge in [0.25, 0.3) is 0 Å². The van der Waals surface area contributed by atoms with Crippen LogP contribution in [-0.4, -0.2) is 18.9 Å². The molecule has 0 saturated carbocycles. The minimum Gasteiger partial charge on any atom is -0.277 e. The molecule has 0 spiro atoms. The van der Waals surface area contributed by atoms with Gasteiger partial charge in [0, 0.05) is 34.4 Å². The summed E-state index contributed by atoms with van der Waals surface area (Å²) in [6, 6.07) is 38.5. The molecular weight excluding hydrogens is 440 g/mol. The van der Waals surface area contributed by atoms with Gasteiger partial charge in [0.05, 0.1) is 22.1 Å². The van der Waals surface area contributed by atoms with Gasteiger partial charge in [0.2, 0.25) is 5.78 Å². The third kappa shape index (κ3) is 2.58. The molecule has 0 bridgehead atoms. The van der Waals surface area contributed by atoms with Crippen molar-refractivity contribution in [2.75, 3.05) is 0 Å². The molecule has 0 fully saturated rings. The van der Waals surface area contributed by atoms with Gasteiger partial charge in [-0.05, 0) is 46.7 Å². The third-order valence-electron chi connectivity index (χ3n) is 7.17. The van der Waals surface area contributed by atoms with Crippen molar-refractivity contribution in [3.8, 4) is 16.8 Å². The fourth-order valence-electron chi connectivity index (χ4n) is 5.64. The van der Waals surface area contributed by atoms with E-state index in [0.29, 0.717) is 0 Å². The number of fused-ring (bicyclic) bond motifs is 10. The molecule has 168 valence electrons. The van der Waals surface area contributed by atoms with Crippen molar-refractivity contribution in [2.45, 2.75) is 0 Å². The molecule has 8 rings (SSSR count). The molecule has 0 saturated heterocycles. The fourth-order valence-corrected chi connectivity index (χ4v) is 5.64. The Morgan fingerprint density at radius 1 is 0.556 bits per heavy atom. The van der Waals surface area contributed by atoms with E-state index in [1.807, 2.05) is 18.5 Å². The minimum absolute atomic E-state index is 0.913. The Bertz CT molecular complexity index is 2100. The highest BCUT2D eigenvalue weighted by Gasteiger charge is 2.22. The molecular formula is C32H20N4. The van der Waals surface area contributed by atoms with E-state index >= 15 is 0 Å². The molecule has 5 aromatic carbocycles. The van der Waals surface area contributed by atoms with Crippen LogP contribution in [0.15, 0.2) is 122 Å². The zero-order chi connectivity index (χ0) is 23.6. The van der Waals surface area contributed by atoms with E-state index in [2.05, 4.69) is 117 Å². The molecule has 0 aliphatic rings. The predicted molar refractivity (Wildman–Crippen MR) is 148 cm³/mol. The second-order valence-corrected chi connectivity index (χ2v) is 9.15. The van der Waals surface area contributed by atoms with Crippen LogP contribution in [0.25, 0.3) is 66.2 Å². The maximum atomic E-state index is 5.16. The summed E-state index contributed by atoms with van der Waals surface area (Å²) in [7, 11) is 0. The van der Waals surface area contributed by atoms with Crippen LogP contribution < -0.4 is 0 Å². The molecule has 4 heteroatoms. The topological polar surface area (TPSA) is 35.1 Å². The lowest BCUT2D eigenvalue weighted by Crippen LogP contribution is -1.96. The average Bonchev–Trinajstić information content (AvgIpc) is 3.49. The SMILES string of the molecule is c1cncc(-c2cccc(-n3c4c5ccccc5c5ccccc5c4n4c5ccccc5nc34)c2)c1. The minimum atomic E-state index is 0.913. The first-order valence-electron chi connectivity index (χ1n) is 12.1. The number of para-hydroxylation sites is 2. The average molecular weight is 461 g/mol. The summed E-state index contributed by atoms with van der Waals surface area (Å²) in [4.78, 5) is 9.49. The van der Waals surface area contributed by atoms with E-state index in [9.17, 15) is 0 Å². The van der Waals surface area contributed by atoms with Crippen LogP contribution in [0.2, 0.25) is 0 Å². The molecule has 4 nitrogen and oxygen atoms in total. The van der Waals surface area contributed by atoms with Crippen LogP contribution in [0.5, 0.6) is 0 Å². The Hall–Kier alpha value is -4.96. The molecule has 0 aliphatic carbocycles. The third-order valence-corrected chi connectivity index (χ3v) is 7.17. The van der Waals surface area contributed by atoms with Gasteiger partial charge in [-0.2, -0.15) is 0 Å². The van der Waals surface area contributed by atoms with Crippen LogP contribution in [0.4, 0.5) is 0 Å². The standard InChI is InChI=1S/C32H20N4/c1-3-14-26-24(12-1)25-13-2-4-15-27(25)31-30(26)35(32-34-28-16-5-6-17-29(28)36(31)32)23-11-7-9-21(19-23)22-10-8-18-33-20-22/h1-20H. The first-order valence-corrected chi connectivity index (χ1v) is 12.1. The lowest BCUT2D eigenvalue weighted by molar-refractivity contribution is 1.11. The highest BCUT2D eigenvalue weighted by molar-refractivity contribution is 6.25. The first kappa shape index (κ1) is 19.4. The van der Waals surface area contributed by atoms with Crippen LogP contribution in [0.3, 0.4) is 0 Å². The second kappa shape index (κ2) is 7.27. The molecule has 0 radical (unpaired) electrons. The van der Waals surface area contributed by atoms with Gasteiger partial charge in [-0.25, -0.2) is 4.98 Å². The molecule has 0 aliphatic heterocycles. The first-order chi connectivity index (χ1) is 17.9. The second-order valence-electron chi connectivity index (χ2n) is 9.15. The lowest BCUT2D eigenvalue weighted by Gasteiger charge is -2.12. The number of rotatable bonds is 2. The van der Waals surface area contributed by atoms with Gasteiger partial charge in [0.15, 0.2) is 0 Å². The molecule has 3 heterocycles. The van der Waals surface area contributed by atoms with Crippen LogP contribution in [0.1, 0.15) is 0 Å². The molecule has 0 N–H and O–H groups in total. The predicted octanol–water partition coefficient (Wildman–Crippen LogP) is 7.80. The van der Waals surface area contributed by atoms with Crippen molar-refractivity contribution >= 4 is 49.4 Å². The van der Waals surface area contributed by atoms with E-state index in [4.69, 9.17) is 4.98 Å². The molecule has 36 heavy (non-hydrogen) atoms. The number of pyridine rings is 1. The molecule has 0 atom stereocenters. The van der Waals surface area contributed by atoms with E-state index in [-0.39, 0.29) is 0 Å². The van der Waals surface area contributed by atoms with Crippen molar-refractivity contribution in [3.63, 3.8) is 0 Å². The van der Waals surface area contributed by atoms with Gasteiger partial charge in [0.1, 0.15) is 0 Å². The molecule has 0 amide bonds. The summed E-state index contributed by atoms with van der Waals surface area (Å²) in [5.41, 5.74) is 7.74. The zero-order valence-corrected chi connectivity index (χ0v) is 19.3. The number of benzene rings is 5. The number of imidazole rings is 2. The van der Waals surface area contributed by atoms with Crippen molar-refractivity contribution in [3.05, 3.63) is 122 Å². The van der Waals surface area contributed by atoms with Crippen LogP contribution in [-0.2, 0) is 0 Å². The lowest BCUT2D eigenvalue weighted by atomic mass is 9.99. The zero-order valence-electron chi connectivity index (χ0n) is 19.3.